The smallest absolute Gasteiger partial charge is 0.333 e. The SMILES string of the molecule is C=C(C)C(=O)OCCOc1ccc(OCCOC(=O)C(=C)C)c2c1SC(=C1C(=O)N(CC3=CCCC=C3)N(CC3=CCCC=C3)C1=O)S2. The van der Waals surface area contributed by atoms with Crippen LogP contribution in [0.1, 0.15) is 39.5 Å². The second kappa shape index (κ2) is 16.1. The highest BCUT2D eigenvalue weighted by Crippen LogP contribution is 2.59. The van der Waals surface area contributed by atoms with Gasteiger partial charge in [-0.3, -0.25) is 9.59 Å². The maximum absolute atomic E-state index is 14.1. The Balaban J connectivity index is 1.42. The summed E-state index contributed by atoms with van der Waals surface area (Å²) in [4.78, 5) is 53.2. The number of esters is 2. The number of hydrogen-bond acceptors (Lipinski definition) is 10. The minimum absolute atomic E-state index is 0.00798. The van der Waals surface area contributed by atoms with Crippen molar-refractivity contribution < 1.29 is 38.1 Å². The molecule has 252 valence electrons. The van der Waals surface area contributed by atoms with Crippen molar-refractivity contribution in [2.45, 2.75) is 49.3 Å². The van der Waals surface area contributed by atoms with Crippen LogP contribution in [0.5, 0.6) is 11.5 Å². The fourth-order valence-electron chi connectivity index (χ4n) is 5.05. The van der Waals surface area contributed by atoms with Crippen LogP contribution < -0.4 is 9.47 Å². The number of carbonyl (C=O) groups excluding carboxylic acids is 4. The first-order chi connectivity index (χ1) is 23.1. The number of hydrazine groups is 1. The summed E-state index contributed by atoms with van der Waals surface area (Å²) in [5.41, 5.74) is 2.62. The van der Waals surface area contributed by atoms with Crippen molar-refractivity contribution in [3.05, 3.63) is 93.8 Å². The number of thioether (sulfide) groups is 2. The zero-order chi connectivity index (χ0) is 34.2. The van der Waals surface area contributed by atoms with Crippen LogP contribution in [0, 0.1) is 0 Å². The third-order valence-corrected chi connectivity index (χ3v) is 10.1. The highest BCUT2D eigenvalue weighted by molar-refractivity contribution is 8.25. The normalized spacial score (nSPS) is 16.9. The Morgan fingerprint density at radius 1 is 0.708 bits per heavy atom. The van der Waals surface area contributed by atoms with E-state index in [1.165, 1.54) is 23.5 Å². The van der Waals surface area contributed by atoms with Crippen molar-refractivity contribution in [2.24, 2.45) is 0 Å². The van der Waals surface area contributed by atoms with E-state index in [2.05, 4.69) is 37.5 Å². The van der Waals surface area contributed by atoms with Crippen LogP contribution in [0.15, 0.2) is 104 Å². The molecule has 1 saturated heterocycles. The van der Waals surface area contributed by atoms with E-state index < -0.39 is 11.9 Å². The molecule has 48 heavy (non-hydrogen) atoms. The molecule has 0 N–H and O–H groups in total. The molecule has 4 aliphatic rings. The molecule has 12 heteroatoms. The van der Waals surface area contributed by atoms with Crippen molar-refractivity contribution in [1.82, 2.24) is 10.0 Å². The van der Waals surface area contributed by atoms with Gasteiger partial charge in [-0.2, -0.15) is 0 Å². The zero-order valence-corrected chi connectivity index (χ0v) is 28.7. The molecule has 2 heterocycles. The molecule has 2 amide bonds. The van der Waals surface area contributed by atoms with Crippen LogP contribution >= 0.6 is 23.5 Å². The molecule has 10 nitrogen and oxygen atoms in total. The molecule has 0 atom stereocenters. The average Bonchev–Trinajstić information content (AvgIpc) is 3.61. The summed E-state index contributed by atoms with van der Waals surface area (Å²) in [6, 6.07) is 3.44. The summed E-state index contributed by atoms with van der Waals surface area (Å²) in [6.45, 7) is 11.0. The number of rotatable bonds is 14. The van der Waals surface area contributed by atoms with Gasteiger partial charge in [0.25, 0.3) is 11.8 Å². The Morgan fingerprint density at radius 2 is 1.15 bits per heavy atom. The average molecular weight is 691 g/mol. The Morgan fingerprint density at radius 3 is 1.52 bits per heavy atom. The number of fused-ring (bicyclic) bond motifs is 1. The minimum atomic E-state index is -0.511. The largest absolute Gasteiger partial charge is 0.489 e. The van der Waals surface area contributed by atoms with E-state index in [0.29, 0.717) is 25.5 Å². The van der Waals surface area contributed by atoms with Crippen molar-refractivity contribution >= 4 is 47.3 Å². The molecule has 0 spiro atoms. The van der Waals surface area contributed by atoms with E-state index in [0.717, 1.165) is 36.8 Å². The first-order valence-electron chi connectivity index (χ1n) is 15.7. The highest BCUT2D eigenvalue weighted by Gasteiger charge is 2.45. The Bertz CT molecular complexity index is 1570. The number of benzene rings is 1. The van der Waals surface area contributed by atoms with Crippen molar-refractivity contribution in [1.29, 1.82) is 0 Å². The topological polar surface area (TPSA) is 112 Å². The third kappa shape index (κ3) is 8.35. The zero-order valence-electron chi connectivity index (χ0n) is 27.1. The van der Waals surface area contributed by atoms with Gasteiger partial charge in [0.05, 0.1) is 27.1 Å². The van der Waals surface area contributed by atoms with Crippen LogP contribution in [0.4, 0.5) is 0 Å². The van der Waals surface area contributed by atoms with Gasteiger partial charge in [0, 0.05) is 11.1 Å². The molecule has 0 radical (unpaired) electrons. The lowest BCUT2D eigenvalue weighted by molar-refractivity contribution is -0.144. The molecule has 2 aliphatic carbocycles. The lowest BCUT2D eigenvalue weighted by Crippen LogP contribution is -2.43. The van der Waals surface area contributed by atoms with Crippen LogP contribution in [-0.4, -0.2) is 73.3 Å². The van der Waals surface area contributed by atoms with E-state index in [9.17, 15) is 19.2 Å². The van der Waals surface area contributed by atoms with Gasteiger partial charge in [-0.25, -0.2) is 19.6 Å². The standard InChI is InChI=1S/C36H38N2O8S2/c1-23(2)34(41)45-19-17-43-27-15-16-28(44-18-20-46-35(42)24(3)4)31-30(27)47-36(48-31)29-32(39)37(21-25-11-7-5-8-12-25)38(33(29)40)22-26-13-9-6-10-14-26/h7,9,11-16H,1,3,5-6,8,10,17-22H2,2,4H3. The maximum atomic E-state index is 14.1. The van der Waals surface area contributed by atoms with Gasteiger partial charge in [-0.1, -0.05) is 73.1 Å². The number of amides is 2. The molecule has 0 saturated carbocycles. The summed E-state index contributed by atoms with van der Waals surface area (Å²) >= 11 is 2.52. The molecule has 1 fully saturated rings. The molecule has 2 aliphatic heterocycles. The fourth-order valence-corrected chi connectivity index (χ4v) is 7.73. The Hall–Kier alpha value is -4.42. The summed E-state index contributed by atoms with van der Waals surface area (Å²) in [7, 11) is 0. The van der Waals surface area contributed by atoms with E-state index in [1.807, 2.05) is 12.2 Å². The summed E-state index contributed by atoms with van der Waals surface area (Å²) in [5, 5.41) is 3.08. The van der Waals surface area contributed by atoms with Crippen LogP contribution in [0.25, 0.3) is 0 Å². The van der Waals surface area contributed by atoms with Crippen LogP contribution in [0.2, 0.25) is 0 Å². The number of ether oxygens (including phenoxy) is 4. The number of carbonyl (C=O) groups is 4. The predicted molar refractivity (Wildman–Crippen MR) is 184 cm³/mol. The monoisotopic (exact) mass is 690 g/mol. The van der Waals surface area contributed by atoms with E-state index in [-0.39, 0.29) is 68.1 Å². The van der Waals surface area contributed by atoms with Crippen molar-refractivity contribution in [3.8, 4) is 11.5 Å². The molecular weight excluding hydrogens is 653 g/mol. The van der Waals surface area contributed by atoms with E-state index in [4.69, 9.17) is 18.9 Å². The third-order valence-electron chi connectivity index (χ3n) is 7.47. The van der Waals surface area contributed by atoms with Gasteiger partial charge in [0.2, 0.25) is 0 Å². The second-order valence-corrected chi connectivity index (χ2v) is 13.7. The summed E-state index contributed by atoms with van der Waals surface area (Å²) in [5.74, 6) is -0.802. The molecule has 5 rings (SSSR count). The van der Waals surface area contributed by atoms with Crippen molar-refractivity contribution in [2.75, 3.05) is 39.5 Å². The maximum Gasteiger partial charge on any atom is 0.333 e. The molecule has 1 aromatic rings. The number of hydrogen-bond donors (Lipinski definition) is 0. The van der Waals surface area contributed by atoms with Gasteiger partial charge < -0.3 is 18.9 Å². The lowest BCUT2D eigenvalue weighted by atomic mass is 10.1. The molecule has 1 aromatic carbocycles. The van der Waals surface area contributed by atoms with Crippen LogP contribution in [0.3, 0.4) is 0 Å². The van der Waals surface area contributed by atoms with Gasteiger partial charge in [0.1, 0.15) is 43.5 Å². The fraction of sp³-hybridized carbons (Fsp3) is 0.333. The van der Waals surface area contributed by atoms with E-state index >= 15 is 0 Å². The predicted octanol–water partition coefficient (Wildman–Crippen LogP) is 6.23. The molecule has 0 bridgehead atoms. The lowest BCUT2D eigenvalue weighted by Gasteiger charge is -2.29. The van der Waals surface area contributed by atoms with Gasteiger partial charge in [0.15, 0.2) is 0 Å². The molecule has 0 aromatic heterocycles. The molecule has 0 unspecified atom stereocenters. The van der Waals surface area contributed by atoms with E-state index in [1.54, 1.807) is 36.0 Å². The first-order valence-corrected chi connectivity index (χ1v) is 17.3. The van der Waals surface area contributed by atoms with Crippen molar-refractivity contribution in [3.63, 3.8) is 0 Å². The minimum Gasteiger partial charge on any atom is -0.489 e. The van der Waals surface area contributed by atoms with Gasteiger partial charge >= 0.3 is 11.9 Å². The molecular formula is C36H38N2O8S2. The summed E-state index contributed by atoms with van der Waals surface area (Å²) in [6.07, 6.45) is 16.0. The first kappa shape index (κ1) is 34.9. The summed E-state index contributed by atoms with van der Waals surface area (Å²) < 4.78 is 22.9. The quantitative estimate of drug-likeness (QED) is 0.0964. The van der Waals surface area contributed by atoms with Crippen LogP contribution in [-0.2, 0) is 28.7 Å². The van der Waals surface area contributed by atoms with Gasteiger partial charge in [-0.05, 0) is 62.8 Å². The number of nitrogens with zero attached hydrogens (tertiary/aromatic N) is 2. The highest BCUT2D eigenvalue weighted by atomic mass is 32.2. The Kier molecular flexibility index (Phi) is 11.7. The van der Waals surface area contributed by atoms with Gasteiger partial charge in [-0.15, -0.1) is 0 Å². The second-order valence-electron chi connectivity index (χ2n) is 11.4. The number of allylic oxidation sites excluding steroid dienone is 4. The Labute approximate surface area is 288 Å².